The Bertz CT molecular complexity index is 909. The molecular weight excluding hydrogens is 350 g/mol. The van der Waals surface area contributed by atoms with Crippen LogP contribution in [0.2, 0.25) is 0 Å². The van der Waals surface area contributed by atoms with E-state index in [2.05, 4.69) is 19.9 Å². The summed E-state index contributed by atoms with van der Waals surface area (Å²) in [7, 11) is 0. The molecule has 1 N–H and O–H groups in total. The fraction of sp³-hybridized carbons (Fsp3) is 0.294. The minimum absolute atomic E-state index is 0. The summed E-state index contributed by atoms with van der Waals surface area (Å²) >= 11 is 0. The second-order valence-corrected chi connectivity index (χ2v) is 5.77. The largest absolute Gasteiger partial charge is 0.378 e. The zero-order chi connectivity index (χ0) is 16.7. The third-order valence-corrected chi connectivity index (χ3v) is 4.11. The summed E-state index contributed by atoms with van der Waals surface area (Å²) in [5.74, 6) is -0.254. The lowest BCUT2D eigenvalue weighted by Crippen LogP contribution is -2.37. The van der Waals surface area contributed by atoms with Gasteiger partial charge in [-0.3, -0.25) is 0 Å². The van der Waals surface area contributed by atoms with Crippen molar-refractivity contribution in [1.82, 2.24) is 15.0 Å². The maximum atomic E-state index is 13.5. The second-order valence-electron chi connectivity index (χ2n) is 5.77. The highest BCUT2D eigenvalue weighted by Gasteiger charge is 2.19. The number of fused-ring (bicyclic) bond motifs is 1. The highest BCUT2D eigenvalue weighted by atomic mass is 35.5. The molecule has 0 unspecified atom stereocenters. The molecule has 1 aliphatic heterocycles. The van der Waals surface area contributed by atoms with Crippen LogP contribution in [0.4, 0.5) is 14.6 Å². The number of aryl methyl sites for hydroxylation is 1. The lowest BCUT2D eigenvalue weighted by atomic mass is 10.1. The molecule has 0 aliphatic carbocycles. The number of morpholine rings is 1. The molecule has 0 spiro atoms. The summed E-state index contributed by atoms with van der Waals surface area (Å²) in [5.41, 5.74) is 2.79. The van der Waals surface area contributed by atoms with Gasteiger partial charge in [-0.2, -0.15) is 0 Å². The van der Waals surface area contributed by atoms with Gasteiger partial charge in [0.05, 0.1) is 18.7 Å². The van der Waals surface area contributed by atoms with E-state index in [-0.39, 0.29) is 12.4 Å². The first-order valence-electron chi connectivity index (χ1n) is 7.77. The second kappa shape index (κ2) is 6.93. The predicted molar refractivity (Wildman–Crippen MR) is 94.3 cm³/mol. The third-order valence-electron chi connectivity index (χ3n) is 4.11. The van der Waals surface area contributed by atoms with Crippen LogP contribution in [0.25, 0.3) is 22.3 Å². The molecule has 5 nitrogen and oxygen atoms in total. The van der Waals surface area contributed by atoms with Gasteiger partial charge in [0.15, 0.2) is 17.5 Å². The number of nitrogens with zero attached hydrogens (tertiary/aromatic N) is 3. The van der Waals surface area contributed by atoms with Crippen molar-refractivity contribution in [2.45, 2.75) is 6.92 Å². The normalized spacial score (nSPS) is 14.6. The molecule has 2 aromatic heterocycles. The Morgan fingerprint density at radius 3 is 2.56 bits per heavy atom. The van der Waals surface area contributed by atoms with E-state index in [4.69, 9.17) is 4.74 Å². The molecule has 1 fully saturated rings. The topological polar surface area (TPSA) is 54.0 Å². The molecule has 1 aliphatic rings. The van der Waals surface area contributed by atoms with Crippen molar-refractivity contribution < 1.29 is 13.5 Å². The molecule has 1 saturated heterocycles. The molecule has 0 bridgehead atoms. The van der Waals surface area contributed by atoms with Crippen molar-refractivity contribution in [3.8, 4) is 11.3 Å². The van der Waals surface area contributed by atoms with Crippen LogP contribution in [-0.4, -0.2) is 41.3 Å². The molecule has 0 radical (unpaired) electrons. The fourth-order valence-corrected chi connectivity index (χ4v) is 2.93. The van der Waals surface area contributed by atoms with E-state index in [9.17, 15) is 8.78 Å². The SMILES string of the molecule is Cc1nc(N2CCOCC2)c2[nH]c(-c3ccc(F)c(F)c3)cc2n1.Cl. The summed E-state index contributed by atoms with van der Waals surface area (Å²) in [6.07, 6.45) is 0. The van der Waals surface area contributed by atoms with Gasteiger partial charge in [-0.25, -0.2) is 18.7 Å². The molecule has 4 rings (SSSR count). The van der Waals surface area contributed by atoms with Crippen LogP contribution >= 0.6 is 12.4 Å². The smallest absolute Gasteiger partial charge is 0.159 e. The Morgan fingerprint density at radius 2 is 1.84 bits per heavy atom. The predicted octanol–water partition coefficient (Wildman–Crippen LogP) is 3.47. The Balaban J connectivity index is 0.00000182. The fourth-order valence-electron chi connectivity index (χ4n) is 2.93. The minimum Gasteiger partial charge on any atom is -0.378 e. The van der Waals surface area contributed by atoms with Crippen LogP contribution in [0.5, 0.6) is 0 Å². The monoisotopic (exact) mass is 366 g/mol. The zero-order valence-corrected chi connectivity index (χ0v) is 14.4. The van der Waals surface area contributed by atoms with Gasteiger partial charge in [0, 0.05) is 24.3 Å². The molecule has 0 saturated carbocycles. The number of aromatic amines is 1. The quantitative estimate of drug-likeness (QED) is 0.754. The summed E-state index contributed by atoms with van der Waals surface area (Å²) in [6, 6.07) is 5.67. The standard InChI is InChI=1S/C17H16F2N4O.ClH/c1-10-20-15-9-14(11-2-3-12(18)13(19)8-11)22-16(15)17(21-10)23-4-6-24-7-5-23;/h2-3,8-9,22H,4-7H2,1H3;1H. The molecule has 1 aromatic carbocycles. The molecule has 8 heteroatoms. The van der Waals surface area contributed by atoms with Gasteiger partial charge in [-0.05, 0) is 31.2 Å². The summed E-state index contributed by atoms with van der Waals surface area (Å²) < 4.78 is 32.1. The van der Waals surface area contributed by atoms with E-state index in [1.807, 2.05) is 13.0 Å². The number of halogens is 3. The summed E-state index contributed by atoms with van der Waals surface area (Å²) in [6.45, 7) is 4.66. The van der Waals surface area contributed by atoms with Crippen LogP contribution in [0.1, 0.15) is 5.82 Å². The lowest BCUT2D eigenvalue weighted by molar-refractivity contribution is 0.122. The average molecular weight is 367 g/mol. The van der Waals surface area contributed by atoms with Crippen LogP contribution in [0.3, 0.4) is 0 Å². The molecule has 25 heavy (non-hydrogen) atoms. The van der Waals surface area contributed by atoms with Crippen molar-refractivity contribution in [2.75, 3.05) is 31.2 Å². The number of anilines is 1. The molecular formula is C17H17ClF2N4O. The first-order valence-corrected chi connectivity index (χ1v) is 7.77. The van der Waals surface area contributed by atoms with Crippen molar-refractivity contribution in [2.24, 2.45) is 0 Å². The third kappa shape index (κ3) is 3.29. The van der Waals surface area contributed by atoms with E-state index in [1.54, 1.807) is 0 Å². The van der Waals surface area contributed by atoms with Crippen LogP contribution < -0.4 is 4.90 Å². The summed E-state index contributed by atoms with van der Waals surface area (Å²) in [5, 5.41) is 0. The maximum Gasteiger partial charge on any atom is 0.159 e. The van der Waals surface area contributed by atoms with Gasteiger partial charge < -0.3 is 14.6 Å². The van der Waals surface area contributed by atoms with E-state index in [0.717, 1.165) is 36.0 Å². The van der Waals surface area contributed by atoms with E-state index in [1.165, 1.54) is 12.1 Å². The van der Waals surface area contributed by atoms with Gasteiger partial charge in [-0.15, -0.1) is 12.4 Å². The Kier molecular flexibility index (Phi) is 4.87. The first kappa shape index (κ1) is 17.6. The highest BCUT2D eigenvalue weighted by molar-refractivity contribution is 5.90. The number of hydrogen-bond acceptors (Lipinski definition) is 4. The van der Waals surface area contributed by atoms with Crippen LogP contribution in [-0.2, 0) is 4.74 Å². The molecule has 3 heterocycles. The number of H-pyrrole nitrogens is 1. The zero-order valence-electron chi connectivity index (χ0n) is 13.6. The Hall–Kier alpha value is -2.25. The molecule has 0 atom stereocenters. The van der Waals surface area contributed by atoms with Crippen molar-refractivity contribution in [3.63, 3.8) is 0 Å². The van der Waals surface area contributed by atoms with Gasteiger partial charge >= 0.3 is 0 Å². The molecule has 3 aromatic rings. The Morgan fingerprint density at radius 1 is 1.08 bits per heavy atom. The van der Waals surface area contributed by atoms with Crippen molar-refractivity contribution in [1.29, 1.82) is 0 Å². The van der Waals surface area contributed by atoms with E-state index < -0.39 is 11.6 Å². The highest BCUT2D eigenvalue weighted by Crippen LogP contribution is 2.29. The summed E-state index contributed by atoms with van der Waals surface area (Å²) in [4.78, 5) is 14.4. The number of benzene rings is 1. The van der Waals surface area contributed by atoms with E-state index in [0.29, 0.717) is 30.3 Å². The molecule has 0 amide bonds. The molecule has 132 valence electrons. The number of aromatic nitrogens is 3. The lowest BCUT2D eigenvalue weighted by Gasteiger charge is -2.28. The minimum atomic E-state index is -0.873. The number of hydrogen-bond donors (Lipinski definition) is 1. The average Bonchev–Trinajstić information content (AvgIpc) is 3.01. The van der Waals surface area contributed by atoms with Gasteiger partial charge in [-0.1, -0.05) is 0 Å². The van der Waals surface area contributed by atoms with Gasteiger partial charge in [0.1, 0.15) is 11.3 Å². The van der Waals surface area contributed by atoms with Crippen LogP contribution in [0, 0.1) is 18.6 Å². The van der Waals surface area contributed by atoms with Crippen LogP contribution in [0.15, 0.2) is 24.3 Å². The number of rotatable bonds is 2. The maximum absolute atomic E-state index is 13.5. The van der Waals surface area contributed by atoms with Gasteiger partial charge in [0.25, 0.3) is 0 Å². The first-order chi connectivity index (χ1) is 11.6. The van der Waals surface area contributed by atoms with Gasteiger partial charge in [0.2, 0.25) is 0 Å². The number of nitrogens with one attached hydrogen (secondary N) is 1. The Labute approximate surface area is 149 Å². The van der Waals surface area contributed by atoms with Crippen molar-refractivity contribution >= 4 is 29.3 Å². The van der Waals surface area contributed by atoms with Crippen molar-refractivity contribution in [3.05, 3.63) is 41.7 Å². The van der Waals surface area contributed by atoms with E-state index >= 15 is 0 Å². The number of ether oxygens (including phenoxy) is 1.